The average Bonchev–Trinajstić information content (AvgIpc) is 2.46. The Kier molecular flexibility index (Phi) is 4.39. The molecule has 7 nitrogen and oxygen atoms in total. The molecule has 0 saturated heterocycles. The third kappa shape index (κ3) is 4.18. The summed E-state index contributed by atoms with van der Waals surface area (Å²) in [5.74, 6) is -0.861. The molecule has 2 rings (SSSR count). The first-order chi connectivity index (χ1) is 9.97. The Morgan fingerprint density at radius 2 is 2.10 bits per heavy atom. The van der Waals surface area contributed by atoms with Crippen molar-refractivity contribution in [3.63, 3.8) is 0 Å². The molecule has 0 saturated carbocycles. The fraction of sp³-hybridized carbons (Fsp3) is 0.0769. The predicted octanol–water partition coefficient (Wildman–Crippen LogP) is 1.35. The van der Waals surface area contributed by atoms with E-state index in [1.807, 2.05) is 0 Å². The van der Waals surface area contributed by atoms with E-state index < -0.39 is 22.6 Å². The molecule has 21 heavy (non-hydrogen) atoms. The molecule has 0 unspecified atom stereocenters. The number of hydrogen-bond acceptors (Lipinski definition) is 5. The quantitative estimate of drug-likeness (QED) is 0.834. The summed E-state index contributed by atoms with van der Waals surface area (Å²) in [6.07, 6.45) is 2.70. The van der Waals surface area contributed by atoms with Crippen LogP contribution in [0.1, 0.15) is 0 Å². The Morgan fingerprint density at radius 1 is 1.29 bits per heavy atom. The van der Waals surface area contributed by atoms with Gasteiger partial charge in [0.15, 0.2) is 6.61 Å². The molecule has 1 aromatic heterocycles. The number of carbonyl (C=O) groups is 1. The highest BCUT2D eigenvalue weighted by Crippen LogP contribution is 2.20. The molecule has 1 aromatic carbocycles. The first-order valence-electron chi connectivity index (χ1n) is 5.85. The number of aliphatic carboxylic acids is 1. The summed E-state index contributed by atoms with van der Waals surface area (Å²) < 4.78 is 31.5. The van der Waals surface area contributed by atoms with Crippen molar-refractivity contribution in [2.45, 2.75) is 4.90 Å². The van der Waals surface area contributed by atoms with Crippen LogP contribution in [0.25, 0.3) is 0 Å². The molecule has 0 radical (unpaired) electrons. The zero-order chi connectivity index (χ0) is 15.3. The molecule has 2 N–H and O–H groups in total. The predicted molar refractivity (Wildman–Crippen MR) is 74.6 cm³/mol. The van der Waals surface area contributed by atoms with Gasteiger partial charge in [-0.05, 0) is 24.3 Å². The first kappa shape index (κ1) is 14.8. The number of benzene rings is 1. The maximum atomic E-state index is 12.1. The molecular formula is C13H12N2O5S. The number of nitrogens with one attached hydrogen (secondary N) is 1. The van der Waals surface area contributed by atoms with Crippen LogP contribution in [0, 0.1) is 0 Å². The molecule has 0 aliphatic carbocycles. The molecule has 0 bridgehead atoms. The van der Waals surface area contributed by atoms with Crippen LogP contribution in [0.5, 0.6) is 5.75 Å². The zero-order valence-electron chi connectivity index (χ0n) is 10.8. The van der Waals surface area contributed by atoms with Crippen LogP contribution in [0.4, 0.5) is 5.69 Å². The van der Waals surface area contributed by atoms with Crippen molar-refractivity contribution < 1.29 is 23.1 Å². The van der Waals surface area contributed by atoms with E-state index in [-0.39, 0.29) is 16.3 Å². The van der Waals surface area contributed by atoms with Gasteiger partial charge in [-0.1, -0.05) is 6.07 Å². The minimum absolute atomic E-state index is 0.0295. The minimum Gasteiger partial charge on any atom is -0.482 e. The highest BCUT2D eigenvalue weighted by atomic mass is 32.2. The highest BCUT2D eigenvalue weighted by Gasteiger charge is 2.14. The van der Waals surface area contributed by atoms with Crippen LogP contribution in [0.3, 0.4) is 0 Å². The van der Waals surface area contributed by atoms with Crippen molar-refractivity contribution in [2.75, 3.05) is 11.3 Å². The van der Waals surface area contributed by atoms with Gasteiger partial charge in [0.25, 0.3) is 10.0 Å². The minimum atomic E-state index is -3.75. The van der Waals surface area contributed by atoms with E-state index in [1.165, 1.54) is 42.7 Å². The second-order valence-electron chi connectivity index (χ2n) is 4.00. The second-order valence-corrected chi connectivity index (χ2v) is 5.69. The lowest BCUT2D eigenvalue weighted by molar-refractivity contribution is -0.139. The van der Waals surface area contributed by atoms with Gasteiger partial charge in [-0.15, -0.1) is 0 Å². The van der Waals surface area contributed by atoms with Crippen molar-refractivity contribution in [1.29, 1.82) is 0 Å². The molecule has 0 spiro atoms. The van der Waals surface area contributed by atoms with E-state index in [0.29, 0.717) is 0 Å². The molecule has 1 heterocycles. The van der Waals surface area contributed by atoms with E-state index in [1.54, 1.807) is 6.07 Å². The number of ether oxygens (including phenoxy) is 1. The van der Waals surface area contributed by atoms with Crippen molar-refractivity contribution in [1.82, 2.24) is 4.98 Å². The number of anilines is 1. The number of carboxylic acids is 1. The van der Waals surface area contributed by atoms with Crippen molar-refractivity contribution in [3.05, 3.63) is 48.8 Å². The summed E-state index contributed by atoms with van der Waals surface area (Å²) in [6.45, 7) is -0.501. The highest BCUT2D eigenvalue weighted by molar-refractivity contribution is 7.92. The van der Waals surface area contributed by atoms with Crippen LogP contribution < -0.4 is 9.46 Å². The van der Waals surface area contributed by atoms with Crippen LogP contribution in [0.15, 0.2) is 53.7 Å². The average molecular weight is 308 g/mol. The molecule has 0 atom stereocenters. The van der Waals surface area contributed by atoms with Gasteiger partial charge in [0, 0.05) is 18.5 Å². The van der Waals surface area contributed by atoms with Gasteiger partial charge >= 0.3 is 5.97 Å². The van der Waals surface area contributed by atoms with E-state index >= 15 is 0 Å². The molecule has 8 heteroatoms. The van der Waals surface area contributed by atoms with Crippen LogP contribution in [-0.4, -0.2) is 31.1 Å². The lowest BCUT2D eigenvalue weighted by atomic mass is 10.3. The summed E-state index contributed by atoms with van der Waals surface area (Å²) >= 11 is 0. The Bertz CT molecular complexity index is 731. The van der Waals surface area contributed by atoms with E-state index in [4.69, 9.17) is 9.84 Å². The number of hydrogen-bond donors (Lipinski definition) is 2. The Labute approximate surface area is 121 Å². The number of aromatic nitrogens is 1. The number of sulfonamides is 1. The van der Waals surface area contributed by atoms with Gasteiger partial charge in [-0.3, -0.25) is 9.71 Å². The smallest absolute Gasteiger partial charge is 0.341 e. The van der Waals surface area contributed by atoms with Crippen LogP contribution in [0.2, 0.25) is 0 Å². The Balaban J connectivity index is 2.16. The second kappa shape index (κ2) is 6.23. The van der Waals surface area contributed by atoms with Gasteiger partial charge in [0.1, 0.15) is 10.6 Å². The lowest BCUT2D eigenvalue weighted by Gasteiger charge is -2.09. The van der Waals surface area contributed by atoms with Crippen molar-refractivity contribution in [2.24, 2.45) is 0 Å². The number of pyridine rings is 1. The lowest BCUT2D eigenvalue weighted by Crippen LogP contribution is -2.13. The largest absolute Gasteiger partial charge is 0.482 e. The van der Waals surface area contributed by atoms with Crippen LogP contribution in [-0.2, 0) is 14.8 Å². The molecule has 2 aromatic rings. The first-order valence-corrected chi connectivity index (χ1v) is 7.33. The Morgan fingerprint density at radius 3 is 2.76 bits per heavy atom. The zero-order valence-corrected chi connectivity index (χ0v) is 11.6. The van der Waals surface area contributed by atoms with Crippen molar-refractivity contribution >= 4 is 21.7 Å². The Hall–Kier alpha value is -2.61. The number of nitrogens with zero attached hydrogens (tertiary/aromatic N) is 1. The van der Waals surface area contributed by atoms with Gasteiger partial charge < -0.3 is 9.84 Å². The maximum Gasteiger partial charge on any atom is 0.341 e. The molecule has 0 fully saturated rings. The van der Waals surface area contributed by atoms with E-state index in [0.717, 1.165) is 0 Å². The summed E-state index contributed by atoms with van der Waals surface area (Å²) in [5, 5.41) is 8.54. The van der Waals surface area contributed by atoms with Crippen molar-refractivity contribution in [3.8, 4) is 5.75 Å². The normalized spacial score (nSPS) is 10.9. The van der Waals surface area contributed by atoms with Gasteiger partial charge in [-0.25, -0.2) is 13.2 Å². The van der Waals surface area contributed by atoms with E-state index in [9.17, 15) is 13.2 Å². The van der Waals surface area contributed by atoms with Gasteiger partial charge in [0.2, 0.25) is 0 Å². The fourth-order valence-electron chi connectivity index (χ4n) is 1.51. The molecule has 110 valence electrons. The van der Waals surface area contributed by atoms with Gasteiger partial charge in [-0.2, -0.15) is 0 Å². The molecule has 0 aliphatic heterocycles. The standard InChI is InChI=1S/C13H12N2O5S/c16-13(17)9-20-11-4-1-3-10(7-11)15-21(18,19)12-5-2-6-14-8-12/h1-8,15H,9H2,(H,16,17). The third-order valence-corrected chi connectivity index (χ3v) is 3.76. The van der Waals surface area contributed by atoms with E-state index in [2.05, 4.69) is 9.71 Å². The summed E-state index contributed by atoms with van der Waals surface area (Å²) in [4.78, 5) is 14.2. The van der Waals surface area contributed by atoms with Crippen LogP contribution >= 0.6 is 0 Å². The summed E-state index contributed by atoms with van der Waals surface area (Å²) in [5.41, 5.74) is 0.266. The summed E-state index contributed by atoms with van der Waals surface area (Å²) in [6, 6.07) is 8.95. The SMILES string of the molecule is O=C(O)COc1cccc(NS(=O)(=O)c2cccnc2)c1. The third-order valence-electron chi connectivity index (χ3n) is 2.39. The molecular weight excluding hydrogens is 296 g/mol. The topological polar surface area (TPSA) is 106 Å². The van der Waals surface area contributed by atoms with Gasteiger partial charge in [0.05, 0.1) is 5.69 Å². The maximum absolute atomic E-state index is 12.1. The number of carboxylic acid groups (broad SMARTS) is 1. The monoisotopic (exact) mass is 308 g/mol. The molecule has 0 aliphatic rings. The molecule has 0 amide bonds. The fourth-order valence-corrected chi connectivity index (χ4v) is 2.53. The number of rotatable bonds is 6. The summed E-state index contributed by atoms with van der Waals surface area (Å²) in [7, 11) is -3.75.